The number of aromatic amines is 1. The highest BCUT2D eigenvalue weighted by atomic mass is 79.9. The molecule has 29 heavy (non-hydrogen) atoms. The zero-order valence-corrected chi connectivity index (χ0v) is 17.3. The van der Waals surface area contributed by atoms with Gasteiger partial charge in [-0.2, -0.15) is 5.10 Å². The molecule has 0 fully saturated rings. The maximum atomic E-state index is 12.2. The Labute approximate surface area is 177 Å². The molecule has 0 bridgehead atoms. The van der Waals surface area contributed by atoms with Crippen molar-refractivity contribution in [1.29, 1.82) is 0 Å². The van der Waals surface area contributed by atoms with Gasteiger partial charge >= 0.3 is 5.69 Å². The molecule has 10 heteroatoms. The first-order valence-corrected chi connectivity index (χ1v) is 9.39. The largest absolute Gasteiger partial charge is 0.493 e. The van der Waals surface area contributed by atoms with E-state index in [1.54, 1.807) is 30.3 Å². The van der Waals surface area contributed by atoms with Crippen molar-refractivity contribution < 1.29 is 9.90 Å². The zero-order chi connectivity index (χ0) is 21.1. The van der Waals surface area contributed by atoms with E-state index in [1.807, 2.05) is 6.92 Å². The number of hydrogen-bond acceptors (Lipinski definition) is 5. The topological polar surface area (TPSA) is 117 Å². The number of carbonyl (C=O) groups excluding carboxylic acids is 1. The number of carbonyl (C=O) groups is 1. The van der Waals surface area contributed by atoms with Crippen LogP contribution in [0.3, 0.4) is 0 Å². The lowest BCUT2D eigenvalue weighted by molar-refractivity contribution is 0.0955. The number of hydrogen-bond donors (Lipinski definition) is 3. The number of H-pyrrole nitrogens is 1. The van der Waals surface area contributed by atoms with E-state index >= 15 is 0 Å². The molecule has 3 rings (SSSR count). The van der Waals surface area contributed by atoms with Crippen molar-refractivity contribution in [2.24, 2.45) is 5.10 Å². The number of aryl methyl sites for hydroxylation is 1. The minimum Gasteiger partial charge on any atom is -0.493 e. The molecular formula is C19H14BrClN4O4. The molecule has 3 aromatic rings. The summed E-state index contributed by atoms with van der Waals surface area (Å²) in [6, 6.07) is 11.1. The Morgan fingerprint density at radius 3 is 2.59 bits per heavy atom. The molecule has 3 N–H and O–H groups in total. The summed E-state index contributed by atoms with van der Waals surface area (Å²) in [4.78, 5) is 38.5. The molecule has 0 atom stereocenters. The number of amides is 1. The molecule has 0 aliphatic rings. The third-order valence-electron chi connectivity index (χ3n) is 3.99. The van der Waals surface area contributed by atoms with Gasteiger partial charge in [0.15, 0.2) is 0 Å². The van der Waals surface area contributed by atoms with Crippen molar-refractivity contribution in [3.05, 3.63) is 89.5 Å². The fourth-order valence-electron chi connectivity index (χ4n) is 2.48. The van der Waals surface area contributed by atoms with Crippen LogP contribution in [-0.4, -0.2) is 26.8 Å². The van der Waals surface area contributed by atoms with E-state index in [2.05, 4.69) is 31.4 Å². The van der Waals surface area contributed by atoms with E-state index in [4.69, 9.17) is 11.6 Å². The minimum atomic E-state index is -0.845. The molecule has 0 saturated carbocycles. The van der Waals surface area contributed by atoms with Gasteiger partial charge in [0, 0.05) is 15.1 Å². The Morgan fingerprint density at radius 2 is 1.93 bits per heavy atom. The van der Waals surface area contributed by atoms with Gasteiger partial charge in [0.2, 0.25) is 5.88 Å². The Balaban J connectivity index is 1.93. The van der Waals surface area contributed by atoms with Crippen molar-refractivity contribution in [3.63, 3.8) is 0 Å². The van der Waals surface area contributed by atoms with Crippen LogP contribution in [0.25, 0.3) is 5.69 Å². The SMILES string of the molecule is Cc1cc(-n2c(O)c(C=NNC(=O)c3ccc(Cl)cc3)c(=O)[nH]c2=O)ccc1Br. The van der Waals surface area contributed by atoms with Crippen LogP contribution < -0.4 is 16.7 Å². The molecule has 0 saturated heterocycles. The maximum Gasteiger partial charge on any atom is 0.335 e. The molecule has 148 valence electrons. The van der Waals surface area contributed by atoms with Crippen LogP contribution in [0.2, 0.25) is 5.02 Å². The van der Waals surface area contributed by atoms with Crippen LogP contribution in [0.15, 0.2) is 61.6 Å². The minimum absolute atomic E-state index is 0.290. The lowest BCUT2D eigenvalue weighted by Gasteiger charge is -2.11. The summed E-state index contributed by atoms with van der Waals surface area (Å²) < 4.78 is 1.76. The van der Waals surface area contributed by atoms with Crippen LogP contribution in [0.4, 0.5) is 0 Å². The lowest BCUT2D eigenvalue weighted by atomic mass is 10.2. The van der Waals surface area contributed by atoms with Crippen molar-refractivity contribution in [2.75, 3.05) is 0 Å². The van der Waals surface area contributed by atoms with E-state index in [0.717, 1.165) is 20.8 Å². The zero-order valence-electron chi connectivity index (χ0n) is 14.9. The summed E-state index contributed by atoms with van der Waals surface area (Å²) in [6.45, 7) is 1.82. The average Bonchev–Trinajstić information content (AvgIpc) is 2.67. The fraction of sp³-hybridized carbons (Fsp3) is 0.0526. The number of nitrogens with one attached hydrogen (secondary N) is 2. The highest BCUT2D eigenvalue weighted by Crippen LogP contribution is 2.21. The third kappa shape index (κ3) is 4.47. The van der Waals surface area contributed by atoms with Crippen molar-refractivity contribution in [3.8, 4) is 11.6 Å². The normalized spacial score (nSPS) is 11.0. The van der Waals surface area contributed by atoms with Gasteiger partial charge in [0.05, 0.1) is 11.9 Å². The summed E-state index contributed by atoms with van der Waals surface area (Å²) in [5.74, 6) is -1.14. The molecular weight excluding hydrogens is 464 g/mol. The third-order valence-corrected chi connectivity index (χ3v) is 5.13. The summed E-state index contributed by atoms with van der Waals surface area (Å²) in [5, 5.41) is 14.7. The highest BCUT2D eigenvalue weighted by molar-refractivity contribution is 9.10. The van der Waals surface area contributed by atoms with Gasteiger partial charge in [-0.25, -0.2) is 14.8 Å². The quantitative estimate of drug-likeness (QED) is 0.396. The van der Waals surface area contributed by atoms with Gasteiger partial charge in [-0.3, -0.25) is 14.6 Å². The molecule has 0 radical (unpaired) electrons. The van der Waals surface area contributed by atoms with Crippen molar-refractivity contribution in [2.45, 2.75) is 6.92 Å². The predicted molar refractivity (Wildman–Crippen MR) is 113 cm³/mol. The summed E-state index contributed by atoms with van der Waals surface area (Å²) in [6.07, 6.45) is 0.962. The smallest absolute Gasteiger partial charge is 0.335 e. The summed E-state index contributed by atoms with van der Waals surface area (Å²) in [7, 11) is 0. The Hall–Kier alpha value is -3.17. The maximum absolute atomic E-state index is 12.2. The van der Waals surface area contributed by atoms with E-state index in [-0.39, 0.29) is 5.56 Å². The van der Waals surface area contributed by atoms with E-state index < -0.39 is 23.0 Å². The first kappa shape index (κ1) is 20.6. The fourth-order valence-corrected chi connectivity index (χ4v) is 2.86. The second-order valence-corrected chi connectivity index (χ2v) is 7.26. The van der Waals surface area contributed by atoms with E-state index in [9.17, 15) is 19.5 Å². The van der Waals surface area contributed by atoms with Crippen LogP contribution in [0.1, 0.15) is 21.5 Å². The number of halogens is 2. The van der Waals surface area contributed by atoms with Gasteiger partial charge in [-0.05, 0) is 55.0 Å². The van der Waals surface area contributed by atoms with Crippen LogP contribution >= 0.6 is 27.5 Å². The molecule has 1 aromatic heterocycles. The van der Waals surface area contributed by atoms with E-state index in [0.29, 0.717) is 16.3 Å². The first-order valence-electron chi connectivity index (χ1n) is 8.21. The Kier molecular flexibility index (Phi) is 6.00. The molecule has 0 aliphatic heterocycles. The van der Waals surface area contributed by atoms with Crippen LogP contribution in [0, 0.1) is 6.92 Å². The Bertz CT molecular complexity index is 1230. The second-order valence-electron chi connectivity index (χ2n) is 5.97. The summed E-state index contributed by atoms with van der Waals surface area (Å²) in [5.41, 5.74) is 1.78. The Morgan fingerprint density at radius 1 is 1.24 bits per heavy atom. The number of rotatable bonds is 4. The van der Waals surface area contributed by atoms with Gasteiger partial charge in [-0.15, -0.1) is 0 Å². The van der Waals surface area contributed by atoms with Gasteiger partial charge in [0.1, 0.15) is 5.56 Å². The standard InChI is InChI=1S/C19H14BrClN4O4/c1-10-8-13(6-7-15(10)20)25-18(28)14(17(27)23-19(25)29)9-22-24-16(26)11-2-4-12(21)5-3-11/h2-9,28H,1H3,(H,24,26)(H,23,27,29). The molecule has 0 unspecified atom stereocenters. The van der Waals surface area contributed by atoms with Crippen molar-refractivity contribution in [1.82, 2.24) is 15.0 Å². The highest BCUT2D eigenvalue weighted by Gasteiger charge is 2.15. The molecule has 8 nitrogen and oxygen atoms in total. The molecule has 0 spiro atoms. The van der Waals surface area contributed by atoms with Crippen LogP contribution in [-0.2, 0) is 0 Å². The number of benzene rings is 2. The van der Waals surface area contributed by atoms with Gasteiger partial charge in [0.25, 0.3) is 11.5 Å². The number of aromatic nitrogens is 2. The number of aromatic hydroxyl groups is 1. The summed E-state index contributed by atoms with van der Waals surface area (Å²) >= 11 is 9.13. The molecule has 1 heterocycles. The monoisotopic (exact) mass is 476 g/mol. The van der Waals surface area contributed by atoms with Crippen LogP contribution in [0.5, 0.6) is 5.88 Å². The number of nitrogens with zero attached hydrogens (tertiary/aromatic N) is 2. The van der Waals surface area contributed by atoms with Crippen molar-refractivity contribution >= 4 is 39.7 Å². The molecule has 1 amide bonds. The average molecular weight is 478 g/mol. The lowest BCUT2D eigenvalue weighted by Crippen LogP contribution is -2.31. The van der Waals surface area contributed by atoms with E-state index in [1.165, 1.54) is 12.1 Å². The first-order chi connectivity index (χ1) is 13.8. The molecule has 2 aromatic carbocycles. The van der Waals surface area contributed by atoms with Gasteiger partial charge < -0.3 is 5.11 Å². The second kappa shape index (κ2) is 8.46. The van der Waals surface area contributed by atoms with Gasteiger partial charge in [-0.1, -0.05) is 27.5 Å². The predicted octanol–water partition coefficient (Wildman–Crippen LogP) is 2.72. The molecule has 0 aliphatic carbocycles. The number of hydrazone groups is 1.